The van der Waals surface area contributed by atoms with Gasteiger partial charge in [0.2, 0.25) is 0 Å². The molecular formula is C16H18F3N5O2. The van der Waals surface area contributed by atoms with Crippen molar-refractivity contribution >= 4 is 11.4 Å². The van der Waals surface area contributed by atoms with Crippen molar-refractivity contribution in [3.05, 3.63) is 52.1 Å². The summed E-state index contributed by atoms with van der Waals surface area (Å²) < 4.78 is 42.0. The van der Waals surface area contributed by atoms with Crippen molar-refractivity contribution in [3.63, 3.8) is 0 Å². The molecule has 0 bridgehead atoms. The van der Waals surface area contributed by atoms with Crippen LogP contribution in [0.15, 0.2) is 30.6 Å². The quantitative estimate of drug-likeness (QED) is 0.612. The van der Waals surface area contributed by atoms with Crippen LogP contribution in [0.3, 0.4) is 0 Å². The predicted molar refractivity (Wildman–Crippen MR) is 88.8 cm³/mol. The van der Waals surface area contributed by atoms with Gasteiger partial charge in [0, 0.05) is 63.4 Å². The maximum Gasteiger partial charge on any atom is 0.418 e. The third-order valence-corrected chi connectivity index (χ3v) is 4.50. The number of hydrogen-bond acceptors (Lipinski definition) is 5. The second kappa shape index (κ2) is 6.94. The topological polar surface area (TPSA) is 67.4 Å². The van der Waals surface area contributed by atoms with Gasteiger partial charge >= 0.3 is 6.18 Å². The first-order valence-electron chi connectivity index (χ1n) is 8.05. The molecule has 0 amide bonds. The van der Waals surface area contributed by atoms with E-state index in [9.17, 15) is 23.3 Å². The van der Waals surface area contributed by atoms with Crippen LogP contribution in [-0.4, -0.2) is 45.6 Å². The number of nitro groups is 1. The molecule has 1 aliphatic heterocycles. The predicted octanol–water partition coefficient (Wildman–Crippen LogP) is 2.67. The van der Waals surface area contributed by atoms with Gasteiger partial charge < -0.3 is 9.47 Å². The smallest absolute Gasteiger partial charge is 0.368 e. The monoisotopic (exact) mass is 369 g/mol. The number of benzene rings is 1. The highest BCUT2D eigenvalue weighted by Gasteiger charge is 2.37. The number of alkyl halides is 3. The molecule has 10 heteroatoms. The van der Waals surface area contributed by atoms with E-state index in [0.717, 1.165) is 11.9 Å². The van der Waals surface area contributed by atoms with Crippen molar-refractivity contribution in [1.29, 1.82) is 0 Å². The van der Waals surface area contributed by atoms with Crippen LogP contribution in [0.25, 0.3) is 0 Å². The number of aryl methyl sites for hydroxylation is 1. The average molecular weight is 369 g/mol. The minimum atomic E-state index is -4.65. The summed E-state index contributed by atoms with van der Waals surface area (Å²) in [5, 5.41) is 10.8. The van der Waals surface area contributed by atoms with Gasteiger partial charge in [-0.05, 0) is 6.07 Å². The zero-order chi connectivity index (χ0) is 18.9. The first kappa shape index (κ1) is 18.2. The van der Waals surface area contributed by atoms with Gasteiger partial charge in [-0.25, -0.2) is 4.98 Å². The lowest BCUT2D eigenvalue weighted by molar-refractivity contribution is -0.385. The number of rotatable bonds is 4. The van der Waals surface area contributed by atoms with E-state index < -0.39 is 22.4 Å². The van der Waals surface area contributed by atoms with Crippen LogP contribution in [0.2, 0.25) is 0 Å². The fourth-order valence-corrected chi connectivity index (χ4v) is 3.04. The van der Waals surface area contributed by atoms with Crippen LogP contribution in [0.1, 0.15) is 11.4 Å². The Morgan fingerprint density at radius 2 is 1.92 bits per heavy atom. The van der Waals surface area contributed by atoms with E-state index in [1.54, 1.807) is 11.1 Å². The number of non-ortho nitro benzene ring substituents is 1. The summed E-state index contributed by atoms with van der Waals surface area (Å²) in [5.41, 5.74) is -1.54. The van der Waals surface area contributed by atoms with E-state index in [-0.39, 0.29) is 5.69 Å². The molecule has 0 radical (unpaired) electrons. The molecular weight excluding hydrogens is 351 g/mol. The van der Waals surface area contributed by atoms with Crippen LogP contribution >= 0.6 is 0 Å². The summed E-state index contributed by atoms with van der Waals surface area (Å²) in [7, 11) is 1.89. The molecule has 1 aromatic heterocycles. The maximum absolute atomic E-state index is 13.3. The summed E-state index contributed by atoms with van der Waals surface area (Å²) in [6.07, 6.45) is -1.10. The van der Waals surface area contributed by atoms with Crippen LogP contribution in [0, 0.1) is 10.1 Å². The molecule has 0 spiro atoms. The van der Waals surface area contributed by atoms with E-state index in [4.69, 9.17) is 0 Å². The summed E-state index contributed by atoms with van der Waals surface area (Å²) in [6, 6.07) is 2.91. The van der Waals surface area contributed by atoms with E-state index in [1.807, 2.05) is 17.8 Å². The zero-order valence-electron chi connectivity index (χ0n) is 14.1. The summed E-state index contributed by atoms with van der Waals surface area (Å²) in [5.74, 6) is 0.893. The van der Waals surface area contributed by atoms with Gasteiger partial charge in [-0.2, -0.15) is 13.2 Å². The lowest BCUT2D eigenvalue weighted by Crippen LogP contribution is -2.46. The summed E-state index contributed by atoms with van der Waals surface area (Å²) in [6.45, 7) is 2.61. The number of hydrogen-bond donors (Lipinski definition) is 0. The molecule has 2 aromatic rings. The highest BCUT2D eigenvalue weighted by Crippen LogP contribution is 2.39. The molecule has 3 rings (SSSR count). The van der Waals surface area contributed by atoms with Crippen molar-refractivity contribution in [3.8, 4) is 0 Å². The van der Waals surface area contributed by atoms with Gasteiger partial charge in [-0.1, -0.05) is 0 Å². The Kier molecular flexibility index (Phi) is 4.86. The van der Waals surface area contributed by atoms with Crippen molar-refractivity contribution < 1.29 is 18.1 Å². The molecule has 0 aliphatic carbocycles. The Labute approximate surface area is 147 Å². The normalized spacial score (nSPS) is 16.1. The van der Waals surface area contributed by atoms with E-state index >= 15 is 0 Å². The first-order chi connectivity index (χ1) is 12.3. The Hall–Kier alpha value is -2.62. The van der Waals surface area contributed by atoms with E-state index in [0.29, 0.717) is 38.8 Å². The standard InChI is InChI=1S/C16H18F3N5O2/c1-21-5-4-20-15(21)11-22-6-8-23(9-7-22)14-3-2-12(24(25)26)10-13(14)16(17,18)19/h2-5,10H,6-9,11H2,1H3. The second-order valence-electron chi connectivity index (χ2n) is 6.17. The molecule has 140 valence electrons. The van der Waals surface area contributed by atoms with E-state index in [2.05, 4.69) is 9.88 Å². The number of aromatic nitrogens is 2. The molecule has 0 N–H and O–H groups in total. The number of halogens is 3. The van der Waals surface area contributed by atoms with Gasteiger partial charge in [0.05, 0.1) is 17.0 Å². The minimum absolute atomic E-state index is 0.0141. The van der Waals surface area contributed by atoms with Crippen molar-refractivity contribution in [2.75, 3.05) is 31.1 Å². The SMILES string of the molecule is Cn1ccnc1CN1CCN(c2ccc([N+](=O)[O-])cc2C(F)(F)F)CC1. The van der Waals surface area contributed by atoms with Crippen molar-refractivity contribution in [2.45, 2.75) is 12.7 Å². The van der Waals surface area contributed by atoms with Crippen molar-refractivity contribution in [1.82, 2.24) is 14.5 Å². The molecule has 0 unspecified atom stereocenters. The number of imidazole rings is 1. The van der Waals surface area contributed by atoms with Gasteiger partial charge in [0.15, 0.2) is 0 Å². The number of nitrogens with zero attached hydrogens (tertiary/aromatic N) is 5. The molecule has 7 nitrogen and oxygen atoms in total. The fraction of sp³-hybridized carbons (Fsp3) is 0.438. The van der Waals surface area contributed by atoms with Gasteiger partial charge in [-0.3, -0.25) is 15.0 Å². The molecule has 1 saturated heterocycles. The molecule has 0 saturated carbocycles. The van der Waals surface area contributed by atoms with Crippen LogP contribution < -0.4 is 4.90 Å². The van der Waals surface area contributed by atoms with Crippen LogP contribution in [0.4, 0.5) is 24.5 Å². The van der Waals surface area contributed by atoms with Crippen molar-refractivity contribution in [2.24, 2.45) is 7.05 Å². The molecule has 1 aromatic carbocycles. The lowest BCUT2D eigenvalue weighted by atomic mass is 10.1. The Bertz CT molecular complexity index is 797. The number of anilines is 1. The third-order valence-electron chi connectivity index (χ3n) is 4.50. The van der Waals surface area contributed by atoms with Crippen LogP contribution in [0.5, 0.6) is 0 Å². The Morgan fingerprint density at radius 3 is 2.46 bits per heavy atom. The van der Waals surface area contributed by atoms with E-state index in [1.165, 1.54) is 6.07 Å². The Balaban J connectivity index is 1.74. The van der Waals surface area contributed by atoms with Gasteiger partial charge in [-0.15, -0.1) is 0 Å². The number of nitro benzene ring substituents is 1. The molecule has 1 fully saturated rings. The average Bonchev–Trinajstić information content (AvgIpc) is 2.99. The molecule has 1 aliphatic rings. The molecule has 2 heterocycles. The number of piperazine rings is 1. The molecule has 0 atom stereocenters. The minimum Gasteiger partial charge on any atom is -0.368 e. The van der Waals surface area contributed by atoms with Gasteiger partial charge in [0.25, 0.3) is 5.69 Å². The molecule has 26 heavy (non-hydrogen) atoms. The zero-order valence-corrected chi connectivity index (χ0v) is 14.1. The highest BCUT2D eigenvalue weighted by atomic mass is 19.4. The first-order valence-corrected chi connectivity index (χ1v) is 8.05. The fourth-order valence-electron chi connectivity index (χ4n) is 3.04. The van der Waals surface area contributed by atoms with Gasteiger partial charge in [0.1, 0.15) is 5.82 Å². The maximum atomic E-state index is 13.3. The largest absolute Gasteiger partial charge is 0.418 e. The second-order valence-corrected chi connectivity index (χ2v) is 6.17. The highest BCUT2D eigenvalue weighted by molar-refractivity contribution is 5.59. The lowest BCUT2D eigenvalue weighted by Gasteiger charge is -2.36. The Morgan fingerprint density at radius 1 is 1.23 bits per heavy atom. The third kappa shape index (κ3) is 3.79. The summed E-state index contributed by atoms with van der Waals surface area (Å²) in [4.78, 5) is 18.0. The summed E-state index contributed by atoms with van der Waals surface area (Å²) >= 11 is 0. The van der Waals surface area contributed by atoms with Crippen LogP contribution in [-0.2, 0) is 19.8 Å².